The molecule has 92 valence electrons. The van der Waals surface area contributed by atoms with E-state index in [4.69, 9.17) is 0 Å². The number of benzene rings is 1. The van der Waals surface area contributed by atoms with E-state index in [-0.39, 0.29) is 11.5 Å². The molecule has 0 bridgehead atoms. The van der Waals surface area contributed by atoms with Crippen LogP contribution in [0.5, 0.6) is 11.5 Å². The van der Waals surface area contributed by atoms with Crippen LogP contribution in [0.25, 0.3) is 0 Å². The van der Waals surface area contributed by atoms with Crippen molar-refractivity contribution >= 4 is 12.2 Å². The molecule has 0 radical (unpaired) electrons. The first-order chi connectivity index (χ1) is 8.66. The van der Waals surface area contributed by atoms with Gasteiger partial charge in [0.2, 0.25) is 5.95 Å². The topological polar surface area (TPSA) is 81.8 Å². The van der Waals surface area contributed by atoms with Gasteiger partial charge in [0.25, 0.3) is 0 Å². The minimum atomic E-state index is -0.183. The summed E-state index contributed by atoms with van der Waals surface area (Å²) in [5, 5.41) is 24.1. The number of hydrazone groups is 1. The number of hydrogen-bond donors (Lipinski definition) is 2. The van der Waals surface area contributed by atoms with E-state index in [0.717, 1.165) is 0 Å². The van der Waals surface area contributed by atoms with Crippen LogP contribution < -0.4 is 5.01 Å². The summed E-state index contributed by atoms with van der Waals surface area (Å²) in [7, 11) is 1.71. The van der Waals surface area contributed by atoms with Crippen molar-refractivity contribution in [3.8, 4) is 11.5 Å². The summed E-state index contributed by atoms with van der Waals surface area (Å²) in [6, 6.07) is 6.17. The number of phenolic OH excluding ortho intramolecular Hbond substituents is 2. The molecule has 0 unspecified atom stereocenters. The molecule has 0 amide bonds. The normalized spacial score (nSPS) is 10.7. The minimum Gasteiger partial charge on any atom is -0.504 e. The van der Waals surface area contributed by atoms with Crippen molar-refractivity contribution in [1.29, 1.82) is 0 Å². The van der Waals surface area contributed by atoms with Crippen LogP contribution in [0.15, 0.2) is 41.8 Å². The molecular formula is C12H12N4O2. The highest BCUT2D eigenvalue weighted by molar-refractivity contribution is 5.81. The highest BCUT2D eigenvalue weighted by Gasteiger charge is 2.01. The van der Waals surface area contributed by atoms with E-state index in [0.29, 0.717) is 11.5 Å². The van der Waals surface area contributed by atoms with Gasteiger partial charge in [-0.05, 0) is 29.8 Å². The Bertz CT molecular complexity index is 557. The van der Waals surface area contributed by atoms with Crippen molar-refractivity contribution in [2.45, 2.75) is 0 Å². The van der Waals surface area contributed by atoms with Crippen LogP contribution in [-0.4, -0.2) is 33.4 Å². The number of aromatic hydroxyl groups is 2. The Kier molecular flexibility index (Phi) is 3.38. The highest BCUT2D eigenvalue weighted by Crippen LogP contribution is 2.24. The Balaban J connectivity index is 2.13. The predicted octanol–water partition coefficient (Wildman–Crippen LogP) is 1.36. The summed E-state index contributed by atoms with van der Waals surface area (Å²) in [6.45, 7) is 0. The smallest absolute Gasteiger partial charge is 0.245 e. The van der Waals surface area contributed by atoms with Crippen molar-refractivity contribution < 1.29 is 10.2 Å². The van der Waals surface area contributed by atoms with Crippen LogP contribution in [0.2, 0.25) is 0 Å². The molecular weight excluding hydrogens is 232 g/mol. The van der Waals surface area contributed by atoms with Crippen molar-refractivity contribution in [2.75, 3.05) is 12.1 Å². The lowest BCUT2D eigenvalue weighted by atomic mass is 10.2. The summed E-state index contributed by atoms with van der Waals surface area (Å²) in [6.07, 6.45) is 4.79. The molecule has 0 fully saturated rings. The second kappa shape index (κ2) is 5.13. The molecule has 1 heterocycles. The summed E-state index contributed by atoms with van der Waals surface area (Å²) in [4.78, 5) is 8.07. The van der Waals surface area contributed by atoms with Gasteiger partial charge in [0.1, 0.15) is 0 Å². The largest absolute Gasteiger partial charge is 0.504 e. The van der Waals surface area contributed by atoms with E-state index in [1.807, 2.05) is 0 Å². The van der Waals surface area contributed by atoms with Gasteiger partial charge in [-0.1, -0.05) is 0 Å². The fourth-order valence-corrected chi connectivity index (χ4v) is 1.28. The molecule has 1 aromatic heterocycles. The van der Waals surface area contributed by atoms with Crippen molar-refractivity contribution in [1.82, 2.24) is 9.97 Å². The van der Waals surface area contributed by atoms with Gasteiger partial charge in [0.15, 0.2) is 11.5 Å². The average Bonchev–Trinajstić information content (AvgIpc) is 2.41. The van der Waals surface area contributed by atoms with Crippen LogP contribution in [0.3, 0.4) is 0 Å². The van der Waals surface area contributed by atoms with Crippen molar-refractivity contribution in [3.05, 3.63) is 42.2 Å². The van der Waals surface area contributed by atoms with Crippen LogP contribution in [-0.2, 0) is 0 Å². The number of hydrogen-bond acceptors (Lipinski definition) is 6. The van der Waals surface area contributed by atoms with Gasteiger partial charge in [-0.25, -0.2) is 15.0 Å². The SMILES string of the molecule is CN(/N=C\c1ccc(O)c(O)c1)c1ncccn1. The zero-order valence-corrected chi connectivity index (χ0v) is 9.72. The second-order valence-corrected chi connectivity index (χ2v) is 3.57. The lowest BCUT2D eigenvalue weighted by molar-refractivity contribution is 0.403. The number of nitrogens with zero attached hydrogens (tertiary/aromatic N) is 4. The third-order valence-electron chi connectivity index (χ3n) is 2.22. The zero-order valence-electron chi connectivity index (χ0n) is 9.72. The predicted molar refractivity (Wildman–Crippen MR) is 67.8 cm³/mol. The third kappa shape index (κ3) is 2.73. The lowest BCUT2D eigenvalue weighted by Gasteiger charge is -2.09. The molecule has 2 aromatic rings. The molecule has 18 heavy (non-hydrogen) atoms. The van der Waals surface area contributed by atoms with E-state index < -0.39 is 0 Å². The number of rotatable bonds is 3. The average molecular weight is 244 g/mol. The quantitative estimate of drug-likeness (QED) is 0.484. The Morgan fingerprint density at radius 2 is 1.89 bits per heavy atom. The Morgan fingerprint density at radius 3 is 2.56 bits per heavy atom. The van der Waals surface area contributed by atoms with Crippen LogP contribution in [0.1, 0.15) is 5.56 Å². The molecule has 0 aliphatic heterocycles. The zero-order chi connectivity index (χ0) is 13.0. The molecule has 0 atom stereocenters. The molecule has 6 nitrogen and oxygen atoms in total. The van der Waals surface area contributed by atoms with Gasteiger partial charge in [0, 0.05) is 19.4 Å². The maximum atomic E-state index is 9.33. The molecule has 0 saturated heterocycles. The first kappa shape index (κ1) is 11.8. The van der Waals surface area contributed by atoms with Crippen LogP contribution in [0.4, 0.5) is 5.95 Å². The maximum Gasteiger partial charge on any atom is 0.245 e. The van der Waals surface area contributed by atoms with E-state index in [2.05, 4.69) is 15.1 Å². The van der Waals surface area contributed by atoms with Crippen LogP contribution in [0, 0.1) is 0 Å². The monoisotopic (exact) mass is 244 g/mol. The molecule has 2 N–H and O–H groups in total. The summed E-state index contributed by atoms with van der Waals surface area (Å²) in [5.74, 6) is 0.126. The molecule has 0 saturated carbocycles. The first-order valence-electron chi connectivity index (χ1n) is 5.23. The summed E-state index contributed by atoms with van der Waals surface area (Å²) in [5.41, 5.74) is 0.660. The first-order valence-corrected chi connectivity index (χ1v) is 5.23. The van der Waals surface area contributed by atoms with E-state index >= 15 is 0 Å². The lowest BCUT2D eigenvalue weighted by Crippen LogP contribution is -2.12. The summed E-state index contributed by atoms with van der Waals surface area (Å²) >= 11 is 0. The van der Waals surface area contributed by atoms with Gasteiger partial charge in [-0.3, -0.25) is 0 Å². The van der Waals surface area contributed by atoms with E-state index in [1.165, 1.54) is 23.4 Å². The van der Waals surface area contributed by atoms with E-state index in [9.17, 15) is 10.2 Å². The van der Waals surface area contributed by atoms with Crippen molar-refractivity contribution in [3.63, 3.8) is 0 Å². The maximum absolute atomic E-state index is 9.33. The molecule has 0 aliphatic carbocycles. The van der Waals surface area contributed by atoms with Crippen LogP contribution >= 0.6 is 0 Å². The third-order valence-corrected chi connectivity index (χ3v) is 2.22. The number of phenols is 2. The Morgan fingerprint density at radius 1 is 1.17 bits per heavy atom. The number of aromatic nitrogens is 2. The van der Waals surface area contributed by atoms with Gasteiger partial charge < -0.3 is 10.2 Å². The second-order valence-electron chi connectivity index (χ2n) is 3.57. The van der Waals surface area contributed by atoms with Gasteiger partial charge >= 0.3 is 0 Å². The highest BCUT2D eigenvalue weighted by atomic mass is 16.3. The Hall–Kier alpha value is -2.63. The van der Waals surface area contributed by atoms with Crippen molar-refractivity contribution in [2.24, 2.45) is 5.10 Å². The fraction of sp³-hybridized carbons (Fsp3) is 0.0833. The summed E-state index contributed by atoms with van der Waals surface area (Å²) < 4.78 is 0. The van der Waals surface area contributed by atoms with Gasteiger partial charge in [-0.15, -0.1) is 0 Å². The van der Waals surface area contributed by atoms with Gasteiger partial charge in [-0.2, -0.15) is 5.10 Å². The number of anilines is 1. The Labute approximate surface area is 104 Å². The van der Waals surface area contributed by atoms with Gasteiger partial charge in [0.05, 0.1) is 6.21 Å². The van der Waals surface area contributed by atoms with E-state index in [1.54, 1.807) is 31.6 Å². The molecule has 0 aliphatic rings. The molecule has 0 spiro atoms. The minimum absolute atomic E-state index is 0.160. The molecule has 2 rings (SSSR count). The molecule has 1 aromatic carbocycles. The fourth-order valence-electron chi connectivity index (χ4n) is 1.28. The standard InChI is InChI=1S/C12H12N4O2/c1-16(12-13-5-2-6-14-12)15-8-9-3-4-10(17)11(18)7-9/h2-8,17-18H,1H3/b15-8-. The molecule has 6 heteroatoms.